The summed E-state index contributed by atoms with van der Waals surface area (Å²) in [5.41, 5.74) is -1.66. The van der Waals surface area contributed by atoms with Crippen LogP contribution in [0.2, 0.25) is 0 Å². The summed E-state index contributed by atoms with van der Waals surface area (Å²) in [5, 5.41) is 23.0. The first-order valence-corrected chi connectivity index (χ1v) is 11.1. The zero-order valence-corrected chi connectivity index (χ0v) is 20.4. The van der Waals surface area contributed by atoms with Gasteiger partial charge in [-0.2, -0.15) is 0 Å². The first-order valence-electron chi connectivity index (χ1n) is 11.1. The maximum absolute atomic E-state index is 13.3. The second-order valence-corrected chi connectivity index (χ2v) is 10.7. The van der Waals surface area contributed by atoms with Crippen LogP contribution in [0.25, 0.3) is 0 Å². The SMILES string of the molecule is COc1cc([C@@H](C2=C(O)CC(C)(C)CC2=O)C2C(=O)CC(C)(C)CC2=O)c([N+](=O)[O-])cc1OC. The van der Waals surface area contributed by atoms with Gasteiger partial charge in [-0.25, -0.2) is 0 Å². The van der Waals surface area contributed by atoms with Crippen LogP contribution in [0.4, 0.5) is 5.69 Å². The molecule has 0 aromatic heterocycles. The third-order valence-corrected chi connectivity index (χ3v) is 6.60. The molecule has 1 atom stereocenters. The summed E-state index contributed by atoms with van der Waals surface area (Å²) in [6.07, 6.45) is 0.375. The zero-order valence-electron chi connectivity index (χ0n) is 20.4. The molecule has 0 amide bonds. The van der Waals surface area contributed by atoms with Gasteiger partial charge in [0, 0.05) is 42.7 Å². The van der Waals surface area contributed by atoms with E-state index in [1.807, 2.05) is 13.8 Å². The molecule has 0 aliphatic heterocycles. The lowest BCUT2D eigenvalue weighted by atomic mass is 9.62. The summed E-state index contributed by atoms with van der Waals surface area (Å²) in [5.74, 6) is -3.90. The zero-order chi connectivity index (χ0) is 25.6. The van der Waals surface area contributed by atoms with Crippen molar-refractivity contribution in [3.05, 3.63) is 39.1 Å². The van der Waals surface area contributed by atoms with Crippen molar-refractivity contribution in [3.63, 3.8) is 0 Å². The van der Waals surface area contributed by atoms with Gasteiger partial charge in [0.05, 0.1) is 31.1 Å². The van der Waals surface area contributed by atoms with Crippen LogP contribution in [0.15, 0.2) is 23.5 Å². The summed E-state index contributed by atoms with van der Waals surface area (Å²) in [7, 11) is 2.68. The summed E-state index contributed by atoms with van der Waals surface area (Å²) >= 11 is 0. The van der Waals surface area contributed by atoms with Crippen LogP contribution in [0.1, 0.15) is 64.9 Å². The van der Waals surface area contributed by atoms with Gasteiger partial charge in [0.25, 0.3) is 5.69 Å². The van der Waals surface area contributed by atoms with E-state index in [2.05, 4.69) is 0 Å². The van der Waals surface area contributed by atoms with Crippen molar-refractivity contribution in [2.45, 2.75) is 59.3 Å². The Bertz CT molecular complexity index is 1080. The van der Waals surface area contributed by atoms with Crippen LogP contribution in [0.3, 0.4) is 0 Å². The Kier molecular flexibility index (Phi) is 6.61. The molecule has 1 aromatic rings. The van der Waals surface area contributed by atoms with E-state index in [1.165, 1.54) is 20.3 Å². The molecule has 34 heavy (non-hydrogen) atoms. The van der Waals surface area contributed by atoms with Gasteiger partial charge in [-0.3, -0.25) is 24.5 Å². The normalized spacial score (nSPS) is 21.4. The van der Waals surface area contributed by atoms with Gasteiger partial charge in [0.1, 0.15) is 17.3 Å². The standard InChI is InChI=1S/C25H31NO8/c1-24(2)9-15(27)22(16(28)10-24)21(23-17(29)11-25(3,4)12-18(23)30)13-7-19(33-5)20(34-6)8-14(13)26(31)32/h7-8,21-22,29H,9-12H2,1-6H3/t21-/m1/s1. The molecule has 0 radical (unpaired) electrons. The Morgan fingerprint density at radius 2 is 1.44 bits per heavy atom. The van der Waals surface area contributed by atoms with E-state index in [0.717, 1.165) is 6.07 Å². The molecule has 0 spiro atoms. The predicted molar refractivity (Wildman–Crippen MR) is 123 cm³/mol. The van der Waals surface area contributed by atoms with E-state index < -0.39 is 50.6 Å². The van der Waals surface area contributed by atoms with E-state index in [9.17, 15) is 29.6 Å². The highest BCUT2D eigenvalue weighted by molar-refractivity contribution is 6.09. The number of ketones is 3. The number of hydrogen-bond acceptors (Lipinski definition) is 8. The highest BCUT2D eigenvalue weighted by atomic mass is 16.6. The summed E-state index contributed by atoms with van der Waals surface area (Å²) < 4.78 is 10.5. The minimum Gasteiger partial charge on any atom is -0.512 e. The van der Waals surface area contributed by atoms with E-state index in [0.29, 0.717) is 0 Å². The molecule has 0 saturated heterocycles. The summed E-state index contributed by atoms with van der Waals surface area (Å²) in [6, 6.07) is 2.48. The second-order valence-electron chi connectivity index (χ2n) is 10.7. The molecule has 2 aliphatic carbocycles. The number of aliphatic hydroxyl groups excluding tert-OH is 1. The maximum atomic E-state index is 13.3. The van der Waals surface area contributed by atoms with Crippen LogP contribution < -0.4 is 9.47 Å². The molecule has 0 unspecified atom stereocenters. The van der Waals surface area contributed by atoms with E-state index in [-0.39, 0.29) is 54.1 Å². The molecule has 9 nitrogen and oxygen atoms in total. The molecule has 2 aliphatic rings. The number of rotatable bonds is 6. The fourth-order valence-electron chi connectivity index (χ4n) is 5.22. The number of aliphatic hydroxyl groups is 1. The third kappa shape index (κ3) is 4.69. The second kappa shape index (κ2) is 8.85. The number of allylic oxidation sites excluding steroid dienone is 2. The van der Waals surface area contributed by atoms with Crippen molar-refractivity contribution >= 4 is 23.0 Å². The van der Waals surface area contributed by atoms with Crippen LogP contribution in [0, 0.1) is 26.9 Å². The molecular weight excluding hydrogens is 442 g/mol. The molecule has 0 heterocycles. The van der Waals surface area contributed by atoms with Gasteiger partial charge >= 0.3 is 0 Å². The fourth-order valence-corrected chi connectivity index (χ4v) is 5.22. The molecular formula is C25H31NO8. The van der Waals surface area contributed by atoms with Crippen molar-refractivity contribution in [1.82, 2.24) is 0 Å². The lowest BCUT2D eigenvalue weighted by Crippen LogP contribution is -2.43. The number of benzene rings is 1. The number of nitro groups is 1. The number of Topliss-reactive ketones (excluding diaryl/α,β-unsaturated/α-hetero) is 3. The Morgan fingerprint density at radius 1 is 0.941 bits per heavy atom. The smallest absolute Gasteiger partial charge is 0.277 e. The lowest BCUT2D eigenvalue weighted by molar-refractivity contribution is -0.385. The third-order valence-electron chi connectivity index (χ3n) is 6.60. The Morgan fingerprint density at radius 3 is 1.91 bits per heavy atom. The van der Waals surface area contributed by atoms with Crippen molar-refractivity contribution < 1.29 is 33.9 Å². The van der Waals surface area contributed by atoms with Crippen molar-refractivity contribution in [3.8, 4) is 11.5 Å². The van der Waals surface area contributed by atoms with Gasteiger partial charge in [-0.1, -0.05) is 27.7 Å². The molecule has 184 valence electrons. The summed E-state index contributed by atoms with van der Waals surface area (Å²) in [4.78, 5) is 51.4. The van der Waals surface area contributed by atoms with E-state index in [4.69, 9.17) is 9.47 Å². The first-order chi connectivity index (χ1) is 15.7. The van der Waals surface area contributed by atoms with Crippen LogP contribution in [-0.2, 0) is 14.4 Å². The molecule has 3 rings (SSSR count). The number of nitrogens with zero attached hydrogens (tertiary/aromatic N) is 1. The average Bonchev–Trinajstić information content (AvgIpc) is 2.68. The predicted octanol–water partition coefficient (Wildman–Crippen LogP) is 4.47. The van der Waals surface area contributed by atoms with E-state index >= 15 is 0 Å². The van der Waals surface area contributed by atoms with Gasteiger partial charge in [-0.15, -0.1) is 0 Å². The summed E-state index contributed by atoms with van der Waals surface area (Å²) in [6.45, 7) is 7.26. The topological polar surface area (TPSA) is 133 Å². The lowest BCUT2D eigenvalue weighted by Gasteiger charge is -2.38. The van der Waals surface area contributed by atoms with Crippen molar-refractivity contribution in [2.75, 3.05) is 14.2 Å². The Balaban J connectivity index is 2.34. The number of carbonyl (C=O) groups excluding carboxylic acids is 3. The van der Waals surface area contributed by atoms with Crippen LogP contribution >= 0.6 is 0 Å². The Labute approximate surface area is 198 Å². The molecule has 9 heteroatoms. The van der Waals surface area contributed by atoms with Gasteiger partial charge in [0.2, 0.25) is 0 Å². The van der Waals surface area contributed by atoms with Crippen molar-refractivity contribution in [2.24, 2.45) is 16.7 Å². The van der Waals surface area contributed by atoms with Gasteiger partial charge in [-0.05, 0) is 16.9 Å². The molecule has 1 N–H and O–H groups in total. The minimum absolute atomic E-state index is 0.0383. The molecule has 1 saturated carbocycles. The van der Waals surface area contributed by atoms with Gasteiger partial charge in [0.15, 0.2) is 17.3 Å². The number of methoxy groups -OCH3 is 2. The number of ether oxygens (including phenoxy) is 2. The molecule has 0 bridgehead atoms. The first kappa shape index (κ1) is 25.4. The quantitative estimate of drug-likeness (QED) is 0.363. The van der Waals surface area contributed by atoms with Crippen LogP contribution in [0.5, 0.6) is 11.5 Å². The maximum Gasteiger partial charge on any atom is 0.277 e. The largest absolute Gasteiger partial charge is 0.512 e. The number of carbonyl (C=O) groups is 3. The van der Waals surface area contributed by atoms with Gasteiger partial charge < -0.3 is 14.6 Å². The fraction of sp³-hybridized carbons (Fsp3) is 0.560. The highest BCUT2D eigenvalue weighted by Gasteiger charge is 2.50. The molecule has 1 aromatic carbocycles. The van der Waals surface area contributed by atoms with Crippen molar-refractivity contribution in [1.29, 1.82) is 0 Å². The van der Waals surface area contributed by atoms with Crippen LogP contribution in [-0.4, -0.2) is 41.6 Å². The Hall–Kier alpha value is -3.23. The van der Waals surface area contributed by atoms with E-state index in [1.54, 1.807) is 13.8 Å². The number of nitro benzene ring substituents is 1. The molecule has 1 fully saturated rings. The minimum atomic E-state index is -1.33. The monoisotopic (exact) mass is 473 g/mol. The highest BCUT2D eigenvalue weighted by Crippen LogP contribution is 2.50. The average molecular weight is 474 g/mol. The number of hydrogen-bond donors (Lipinski definition) is 1.